The summed E-state index contributed by atoms with van der Waals surface area (Å²) in [7, 11) is -1.93. The molecule has 108 valence electrons. The molecule has 6 heteroatoms. The summed E-state index contributed by atoms with van der Waals surface area (Å²) in [5.41, 5.74) is 2.71. The Morgan fingerprint density at radius 3 is 2.40 bits per heavy atom. The molecule has 0 unspecified atom stereocenters. The summed E-state index contributed by atoms with van der Waals surface area (Å²) >= 11 is 1.13. The molecular weight excluding hydrogens is 294 g/mol. The van der Waals surface area contributed by atoms with Crippen LogP contribution >= 0.6 is 11.3 Å². The van der Waals surface area contributed by atoms with Crippen LogP contribution in [-0.2, 0) is 23.2 Å². The Labute approximate surface area is 123 Å². The Morgan fingerprint density at radius 1 is 1.20 bits per heavy atom. The molecule has 0 spiro atoms. The van der Waals surface area contributed by atoms with Crippen LogP contribution in [0, 0.1) is 6.92 Å². The highest BCUT2D eigenvalue weighted by Gasteiger charge is 2.22. The van der Waals surface area contributed by atoms with Gasteiger partial charge in [0, 0.05) is 13.6 Å². The van der Waals surface area contributed by atoms with Gasteiger partial charge in [-0.25, -0.2) is 8.42 Å². The lowest BCUT2D eigenvalue weighted by molar-refractivity contribution is 0.282. The van der Waals surface area contributed by atoms with Crippen molar-refractivity contribution in [3.63, 3.8) is 0 Å². The van der Waals surface area contributed by atoms with Crippen molar-refractivity contribution in [3.8, 4) is 0 Å². The van der Waals surface area contributed by atoms with Crippen molar-refractivity contribution in [2.75, 3.05) is 7.05 Å². The third-order valence-corrected chi connectivity index (χ3v) is 6.27. The Bertz CT molecular complexity index is 675. The van der Waals surface area contributed by atoms with Crippen molar-refractivity contribution in [2.45, 2.75) is 24.3 Å². The number of sulfonamides is 1. The SMILES string of the molecule is Cc1ccc(CN(C)S(=O)(=O)c2cc(CO)cs2)cc1. The second-order valence-electron chi connectivity index (χ2n) is 4.68. The molecule has 0 aliphatic heterocycles. The number of aliphatic hydroxyl groups excluding tert-OH is 1. The lowest BCUT2D eigenvalue weighted by Gasteiger charge is -2.16. The van der Waals surface area contributed by atoms with E-state index < -0.39 is 10.0 Å². The number of aryl methyl sites for hydroxylation is 1. The van der Waals surface area contributed by atoms with Gasteiger partial charge in [-0.3, -0.25) is 0 Å². The molecular formula is C14H17NO3S2. The van der Waals surface area contributed by atoms with Gasteiger partial charge in [-0.15, -0.1) is 11.3 Å². The monoisotopic (exact) mass is 311 g/mol. The van der Waals surface area contributed by atoms with Crippen molar-refractivity contribution in [2.24, 2.45) is 0 Å². The van der Waals surface area contributed by atoms with Crippen LogP contribution in [0.3, 0.4) is 0 Å². The fourth-order valence-electron chi connectivity index (χ4n) is 1.76. The first-order valence-corrected chi connectivity index (χ1v) is 8.45. The first-order valence-electron chi connectivity index (χ1n) is 6.13. The normalized spacial score (nSPS) is 12.0. The maximum Gasteiger partial charge on any atom is 0.252 e. The van der Waals surface area contributed by atoms with E-state index in [2.05, 4.69) is 0 Å². The van der Waals surface area contributed by atoms with Crippen LogP contribution in [0.2, 0.25) is 0 Å². The molecule has 0 amide bonds. The van der Waals surface area contributed by atoms with Gasteiger partial charge in [0.1, 0.15) is 4.21 Å². The van der Waals surface area contributed by atoms with Gasteiger partial charge in [-0.05, 0) is 29.5 Å². The van der Waals surface area contributed by atoms with Crippen LogP contribution < -0.4 is 0 Å². The van der Waals surface area contributed by atoms with Gasteiger partial charge >= 0.3 is 0 Å². The summed E-state index contributed by atoms with van der Waals surface area (Å²) in [4.78, 5) is 0. The number of thiophene rings is 1. The van der Waals surface area contributed by atoms with E-state index in [4.69, 9.17) is 5.11 Å². The highest BCUT2D eigenvalue weighted by Crippen LogP contribution is 2.24. The van der Waals surface area contributed by atoms with Crippen LogP contribution in [0.15, 0.2) is 39.9 Å². The summed E-state index contributed by atoms with van der Waals surface area (Å²) in [5.74, 6) is 0. The van der Waals surface area contributed by atoms with Crippen LogP contribution in [-0.4, -0.2) is 24.9 Å². The largest absolute Gasteiger partial charge is 0.392 e. The Balaban J connectivity index is 2.18. The molecule has 0 saturated heterocycles. The Hall–Kier alpha value is -1.21. The Morgan fingerprint density at radius 2 is 1.85 bits per heavy atom. The zero-order valence-electron chi connectivity index (χ0n) is 11.4. The van der Waals surface area contributed by atoms with Gasteiger partial charge in [0.25, 0.3) is 10.0 Å². The molecule has 0 aliphatic carbocycles. The molecule has 0 fully saturated rings. The summed E-state index contributed by atoms with van der Waals surface area (Å²) in [6, 6.07) is 9.30. The van der Waals surface area contributed by atoms with Gasteiger partial charge in [0.05, 0.1) is 6.61 Å². The number of rotatable bonds is 5. The number of hydrogen-bond donors (Lipinski definition) is 1. The topological polar surface area (TPSA) is 57.6 Å². The maximum atomic E-state index is 12.4. The molecule has 1 heterocycles. The van der Waals surface area contributed by atoms with Crippen molar-refractivity contribution >= 4 is 21.4 Å². The smallest absolute Gasteiger partial charge is 0.252 e. The fraction of sp³-hybridized carbons (Fsp3) is 0.286. The molecule has 0 bridgehead atoms. The molecule has 2 rings (SSSR count). The predicted octanol–water partition coefficient (Wildman–Crippen LogP) is 2.37. The molecule has 0 atom stereocenters. The van der Waals surface area contributed by atoms with Crippen LogP contribution in [0.5, 0.6) is 0 Å². The third-order valence-electron chi connectivity index (χ3n) is 3.00. The molecule has 20 heavy (non-hydrogen) atoms. The molecule has 1 aromatic carbocycles. The van der Waals surface area contributed by atoms with Gasteiger partial charge in [0.15, 0.2) is 0 Å². The highest BCUT2D eigenvalue weighted by atomic mass is 32.2. The lowest BCUT2D eigenvalue weighted by Crippen LogP contribution is -2.25. The maximum absolute atomic E-state index is 12.4. The van der Waals surface area contributed by atoms with Gasteiger partial charge in [0.2, 0.25) is 0 Å². The average molecular weight is 311 g/mol. The van der Waals surface area contributed by atoms with Crippen LogP contribution in [0.1, 0.15) is 16.7 Å². The van der Waals surface area contributed by atoms with E-state index in [0.29, 0.717) is 12.1 Å². The van der Waals surface area contributed by atoms with Gasteiger partial charge in [-0.2, -0.15) is 4.31 Å². The zero-order chi connectivity index (χ0) is 14.8. The van der Waals surface area contributed by atoms with E-state index in [0.717, 1.165) is 22.5 Å². The summed E-state index contributed by atoms with van der Waals surface area (Å²) in [6.07, 6.45) is 0. The standard InChI is InChI=1S/C14H17NO3S2/c1-11-3-5-12(6-4-11)8-15(2)20(17,18)14-7-13(9-16)10-19-14/h3-7,10,16H,8-9H2,1-2H3. The second-order valence-corrected chi connectivity index (χ2v) is 7.86. The van der Waals surface area contributed by atoms with Crippen molar-refractivity contribution < 1.29 is 13.5 Å². The minimum atomic E-state index is -3.50. The molecule has 4 nitrogen and oxygen atoms in total. The first kappa shape index (κ1) is 15.2. The molecule has 1 N–H and O–H groups in total. The molecule has 1 aromatic heterocycles. The number of hydrogen-bond acceptors (Lipinski definition) is 4. The summed E-state index contributed by atoms with van der Waals surface area (Å²) in [5, 5.41) is 10.7. The van der Waals surface area contributed by atoms with Crippen molar-refractivity contribution in [1.82, 2.24) is 4.31 Å². The minimum absolute atomic E-state index is 0.145. The van der Waals surface area contributed by atoms with Gasteiger partial charge < -0.3 is 5.11 Å². The van der Waals surface area contributed by atoms with E-state index in [9.17, 15) is 8.42 Å². The van der Waals surface area contributed by atoms with E-state index >= 15 is 0 Å². The zero-order valence-corrected chi connectivity index (χ0v) is 13.0. The van der Waals surface area contributed by atoms with E-state index in [1.165, 1.54) is 10.4 Å². The lowest BCUT2D eigenvalue weighted by atomic mass is 10.1. The third kappa shape index (κ3) is 3.27. The molecule has 0 aliphatic rings. The van der Waals surface area contributed by atoms with Crippen LogP contribution in [0.25, 0.3) is 0 Å². The number of aliphatic hydroxyl groups is 1. The van der Waals surface area contributed by atoms with E-state index in [1.807, 2.05) is 31.2 Å². The predicted molar refractivity (Wildman–Crippen MR) is 80.1 cm³/mol. The molecule has 0 radical (unpaired) electrons. The number of nitrogens with zero attached hydrogens (tertiary/aromatic N) is 1. The quantitative estimate of drug-likeness (QED) is 0.922. The van der Waals surface area contributed by atoms with Crippen molar-refractivity contribution in [1.29, 1.82) is 0 Å². The van der Waals surface area contributed by atoms with Gasteiger partial charge in [-0.1, -0.05) is 29.8 Å². The van der Waals surface area contributed by atoms with E-state index in [-0.39, 0.29) is 10.8 Å². The fourth-order valence-corrected chi connectivity index (χ4v) is 4.33. The minimum Gasteiger partial charge on any atom is -0.392 e. The summed E-state index contributed by atoms with van der Waals surface area (Å²) in [6.45, 7) is 2.18. The molecule has 2 aromatic rings. The summed E-state index contributed by atoms with van der Waals surface area (Å²) < 4.78 is 26.4. The first-order chi connectivity index (χ1) is 9.43. The van der Waals surface area contributed by atoms with Crippen LogP contribution in [0.4, 0.5) is 0 Å². The van der Waals surface area contributed by atoms with E-state index in [1.54, 1.807) is 12.4 Å². The molecule has 0 saturated carbocycles. The highest BCUT2D eigenvalue weighted by molar-refractivity contribution is 7.91. The second kappa shape index (κ2) is 6.05. The number of benzene rings is 1. The Kier molecular flexibility index (Phi) is 4.59. The van der Waals surface area contributed by atoms with Crippen molar-refractivity contribution in [3.05, 3.63) is 52.4 Å². The average Bonchev–Trinajstić information content (AvgIpc) is 2.90.